The maximum atomic E-state index is 15.3. The summed E-state index contributed by atoms with van der Waals surface area (Å²) in [5.41, 5.74) is 9.05. The molecule has 44 heavy (non-hydrogen) atoms. The molecule has 3 N–H and O–H groups in total. The lowest BCUT2D eigenvalue weighted by Gasteiger charge is -2.14. The number of nitrogens with zero attached hydrogens (tertiary/aromatic N) is 2. The van der Waals surface area contributed by atoms with Crippen molar-refractivity contribution in [3.8, 4) is 17.2 Å². The molecule has 0 aliphatic rings. The van der Waals surface area contributed by atoms with Gasteiger partial charge in [0, 0.05) is 6.07 Å². The summed E-state index contributed by atoms with van der Waals surface area (Å²) in [5.74, 6) is -4.60. The number of nitrogens with one attached hydrogen (secondary N) is 1. The van der Waals surface area contributed by atoms with Gasteiger partial charge in [-0.25, -0.2) is 21.9 Å². The summed E-state index contributed by atoms with van der Waals surface area (Å²) >= 11 is 0. The predicted octanol–water partition coefficient (Wildman–Crippen LogP) is 6.98. The quantitative estimate of drug-likeness (QED) is 0.105. The predicted molar refractivity (Wildman–Crippen MR) is 161 cm³/mol. The van der Waals surface area contributed by atoms with Crippen molar-refractivity contribution in [2.24, 2.45) is 0 Å². The zero-order valence-corrected chi connectivity index (χ0v) is 25.2. The monoisotopic (exact) mass is 630 g/mol. The maximum absolute atomic E-state index is 15.3. The lowest BCUT2D eigenvalue weighted by Crippen LogP contribution is -2.18. The highest BCUT2D eigenvalue weighted by molar-refractivity contribution is 7.92. The van der Waals surface area contributed by atoms with Gasteiger partial charge in [0.05, 0.1) is 29.9 Å². The molecule has 0 unspecified atom stereocenters. The van der Waals surface area contributed by atoms with Crippen molar-refractivity contribution in [3.63, 3.8) is 0 Å². The number of ketones is 1. The van der Waals surface area contributed by atoms with Crippen LogP contribution in [0.1, 0.15) is 46.0 Å². The molecule has 0 aliphatic carbocycles. The summed E-state index contributed by atoms with van der Waals surface area (Å²) in [7, 11) is -3.72. The number of aryl methyl sites for hydroxylation is 3. The number of halogens is 4. The Bertz CT molecular complexity index is 1860. The fraction of sp³-hybridized carbons (Fsp3) is 0.226. The second-order valence-electron chi connectivity index (χ2n) is 10.2. The third-order valence-corrected chi connectivity index (χ3v) is 8.15. The zero-order chi connectivity index (χ0) is 32.3. The number of benzene rings is 3. The average Bonchev–Trinajstić information content (AvgIpc) is 3.32. The number of carbonyl (C=O) groups excluding carboxylic acids is 1. The molecular formula is C31H30F4N4O4S. The SMILES string of the molecule is C/C(=C\c1cc(C)c(NS(=O)(=O)CCCF)cc1C)C(=O)c1cnn(-c2c(C)cc(Oc3cccc(F)c3F)cc2F)c1N. The van der Waals surface area contributed by atoms with Gasteiger partial charge in [-0.3, -0.25) is 13.9 Å². The van der Waals surface area contributed by atoms with Crippen LogP contribution in [0.15, 0.2) is 54.2 Å². The minimum absolute atomic E-state index is 0.0197. The van der Waals surface area contributed by atoms with Crippen molar-refractivity contribution in [1.82, 2.24) is 9.78 Å². The van der Waals surface area contributed by atoms with Gasteiger partial charge in [-0.15, -0.1) is 0 Å². The number of allylic oxidation sites excluding steroid dienone is 1. The Morgan fingerprint density at radius 2 is 1.77 bits per heavy atom. The molecule has 0 atom stereocenters. The van der Waals surface area contributed by atoms with Crippen LogP contribution in [-0.4, -0.2) is 36.4 Å². The molecule has 3 aromatic carbocycles. The van der Waals surface area contributed by atoms with E-state index >= 15 is 4.39 Å². The van der Waals surface area contributed by atoms with Crippen molar-refractivity contribution < 1.29 is 35.5 Å². The van der Waals surface area contributed by atoms with Crippen LogP contribution in [0.4, 0.5) is 29.1 Å². The molecule has 0 saturated heterocycles. The van der Waals surface area contributed by atoms with E-state index < -0.39 is 45.7 Å². The Balaban J connectivity index is 1.59. The molecule has 1 heterocycles. The molecule has 0 amide bonds. The molecule has 232 valence electrons. The van der Waals surface area contributed by atoms with Crippen molar-refractivity contribution in [3.05, 3.63) is 99.5 Å². The lowest BCUT2D eigenvalue weighted by atomic mass is 9.99. The number of hydrogen-bond donors (Lipinski definition) is 2. The number of nitrogens with two attached hydrogens (primary N) is 1. The van der Waals surface area contributed by atoms with Crippen LogP contribution in [0.3, 0.4) is 0 Å². The number of carbonyl (C=O) groups is 1. The first-order valence-corrected chi connectivity index (χ1v) is 15.0. The summed E-state index contributed by atoms with van der Waals surface area (Å²) in [6, 6.07) is 9.09. The number of hydrogen-bond acceptors (Lipinski definition) is 6. The second-order valence-corrected chi connectivity index (χ2v) is 12.1. The smallest absolute Gasteiger partial charge is 0.232 e. The highest BCUT2D eigenvalue weighted by atomic mass is 32.2. The van der Waals surface area contributed by atoms with Gasteiger partial charge < -0.3 is 10.5 Å². The summed E-state index contributed by atoms with van der Waals surface area (Å²) in [4.78, 5) is 13.3. The van der Waals surface area contributed by atoms with E-state index in [1.807, 2.05) is 0 Å². The third-order valence-electron chi connectivity index (χ3n) is 6.79. The van der Waals surface area contributed by atoms with E-state index in [9.17, 15) is 26.4 Å². The van der Waals surface area contributed by atoms with Gasteiger partial charge in [0.25, 0.3) is 0 Å². The van der Waals surface area contributed by atoms with E-state index in [1.54, 1.807) is 39.0 Å². The summed E-state index contributed by atoms with van der Waals surface area (Å²) in [6.07, 6.45) is 2.72. The number of sulfonamides is 1. The molecule has 0 spiro atoms. The summed E-state index contributed by atoms with van der Waals surface area (Å²) < 4.78 is 88.6. The number of anilines is 2. The topological polar surface area (TPSA) is 116 Å². The van der Waals surface area contributed by atoms with Gasteiger partial charge >= 0.3 is 0 Å². The molecule has 8 nitrogen and oxygen atoms in total. The van der Waals surface area contributed by atoms with Crippen LogP contribution in [0.5, 0.6) is 11.5 Å². The first-order chi connectivity index (χ1) is 20.7. The van der Waals surface area contributed by atoms with Crippen LogP contribution in [-0.2, 0) is 10.0 Å². The highest BCUT2D eigenvalue weighted by Crippen LogP contribution is 2.32. The molecule has 0 bridgehead atoms. The fourth-order valence-electron chi connectivity index (χ4n) is 4.51. The Hall–Kier alpha value is -4.65. The first kappa shape index (κ1) is 32.3. The van der Waals surface area contributed by atoms with Gasteiger partial charge in [-0.2, -0.15) is 9.49 Å². The summed E-state index contributed by atoms with van der Waals surface area (Å²) in [6.45, 7) is 5.82. The number of Topliss-reactive ketones (excluding diaryl/α,β-unsaturated/α-hetero) is 1. The third kappa shape index (κ3) is 6.94. The number of rotatable bonds is 11. The van der Waals surface area contributed by atoms with E-state index in [4.69, 9.17) is 10.5 Å². The Kier molecular flexibility index (Phi) is 9.47. The molecule has 0 saturated carbocycles. The number of nitrogen functional groups attached to an aromatic ring is 1. The van der Waals surface area contributed by atoms with E-state index in [1.165, 1.54) is 31.3 Å². The lowest BCUT2D eigenvalue weighted by molar-refractivity contribution is 0.103. The molecule has 0 fully saturated rings. The van der Waals surface area contributed by atoms with Crippen LogP contribution >= 0.6 is 0 Å². The maximum Gasteiger partial charge on any atom is 0.232 e. The Morgan fingerprint density at radius 3 is 2.45 bits per heavy atom. The minimum atomic E-state index is -3.72. The van der Waals surface area contributed by atoms with Gasteiger partial charge in [0.1, 0.15) is 17.3 Å². The molecule has 0 radical (unpaired) electrons. The van der Waals surface area contributed by atoms with Crippen LogP contribution in [0.25, 0.3) is 11.8 Å². The van der Waals surface area contributed by atoms with E-state index in [0.29, 0.717) is 27.9 Å². The number of aromatic nitrogens is 2. The van der Waals surface area contributed by atoms with E-state index in [2.05, 4.69) is 9.82 Å². The molecule has 13 heteroatoms. The molecule has 4 aromatic rings. The van der Waals surface area contributed by atoms with E-state index in [0.717, 1.165) is 16.8 Å². The van der Waals surface area contributed by atoms with Gasteiger partial charge in [0.2, 0.25) is 15.8 Å². The van der Waals surface area contributed by atoms with Crippen LogP contribution < -0.4 is 15.2 Å². The minimum Gasteiger partial charge on any atom is -0.454 e. The Labute approximate surface area is 252 Å². The van der Waals surface area contributed by atoms with Gasteiger partial charge in [-0.1, -0.05) is 6.07 Å². The normalized spacial score (nSPS) is 12.0. The van der Waals surface area contributed by atoms with Crippen molar-refractivity contribution >= 4 is 33.4 Å². The van der Waals surface area contributed by atoms with Gasteiger partial charge in [-0.05, 0) is 98.4 Å². The number of alkyl halides is 1. The molecule has 0 aliphatic heterocycles. The Morgan fingerprint density at radius 1 is 1.05 bits per heavy atom. The standard InChI is InChI=1S/C31H30F4N4O4S/c1-17-14-26(38-44(41,42)10-6-9-32)18(2)11-21(17)12-20(4)30(40)23-16-37-39(31(23)36)29-19(3)13-22(15-25(29)34)43-27-8-5-7-24(33)28(27)35/h5,7-8,11-16,38H,6,9-10,36H2,1-4H3/b20-12+. The largest absolute Gasteiger partial charge is 0.454 e. The highest BCUT2D eigenvalue weighted by Gasteiger charge is 2.22. The zero-order valence-electron chi connectivity index (χ0n) is 24.3. The van der Waals surface area contributed by atoms with Crippen LogP contribution in [0, 0.1) is 38.2 Å². The van der Waals surface area contributed by atoms with Crippen molar-refractivity contribution in [2.75, 3.05) is 22.9 Å². The van der Waals surface area contributed by atoms with Crippen molar-refractivity contribution in [1.29, 1.82) is 0 Å². The van der Waals surface area contributed by atoms with E-state index in [-0.39, 0.29) is 40.6 Å². The summed E-state index contributed by atoms with van der Waals surface area (Å²) in [5, 5.41) is 4.12. The molecular weight excluding hydrogens is 600 g/mol. The van der Waals surface area contributed by atoms with Gasteiger partial charge in [0.15, 0.2) is 23.2 Å². The first-order valence-electron chi connectivity index (χ1n) is 13.4. The average molecular weight is 631 g/mol. The molecule has 4 rings (SSSR count). The second kappa shape index (κ2) is 12.9. The fourth-order valence-corrected chi connectivity index (χ4v) is 5.66. The molecule has 1 aromatic heterocycles. The number of ether oxygens (including phenoxy) is 1. The van der Waals surface area contributed by atoms with Crippen LogP contribution in [0.2, 0.25) is 0 Å². The van der Waals surface area contributed by atoms with Crippen molar-refractivity contribution in [2.45, 2.75) is 34.1 Å².